The molecule has 8 heteroatoms. The van der Waals surface area contributed by atoms with Gasteiger partial charge < -0.3 is 15.1 Å². The van der Waals surface area contributed by atoms with Gasteiger partial charge in [0.2, 0.25) is 5.95 Å². The fourth-order valence-corrected chi connectivity index (χ4v) is 2.67. The molecule has 0 bridgehead atoms. The molecular formula is C17H19F2N5O. The number of nitrogens with one attached hydrogen (secondary N) is 1. The minimum Gasteiger partial charge on any atom is -0.338 e. The van der Waals surface area contributed by atoms with Crippen LogP contribution in [0.5, 0.6) is 0 Å². The highest BCUT2D eigenvalue weighted by Crippen LogP contribution is 2.17. The first kappa shape index (κ1) is 17.2. The maximum absolute atomic E-state index is 13.7. The van der Waals surface area contributed by atoms with Crippen molar-refractivity contribution in [2.24, 2.45) is 0 Å². The van der Waals surface area contributed by atoms with Gasteiger partial charge in [0, 0.05) is 38.4 Å². The van der Waals surface area contributed by atoms with E-state index < -0.39 is 17.5 Å². The quantitative estimate of drug-likeness (QED) is 0.918. The molecule has 2 heterocycles. The predicted octanol–water partition coefficient (Wildman–Crippen LogP) is 2.15. The maximum Gasteiger partial charge on any atom is 0.274 e. The van der Waals surface area contributed by atoms with E-state index in [9.17, 15) is 13.6 Å². The Balaban J connectivity index is 1.71. The summed E-state index contributed by atoms with van der Waals surface area (Å²) in [4.78, 5) is 25.1. The SMILES string of the molecule is CCN1CCN(c2nccc(C(=O)Nc3ccc(F)cc3F)n2)CC1. The molecule has 1 N–H and O–H groups in total. The van der Waals surface area contributed by atoms with Gasteiger partial charge in [-0.3, -0.25) is 4.79 Å². The fraction of sp³-hybridized carbons (Fsp3) is 0.353. The molecule has 1 aliphatic rings. The first-order chi connectivity index (χ1) is 12.1. The summed E-state index contributed by atoms with van der Waals surface area (Å²) in [5, 5.41) is 2.40. The molecule has 0 saturated carbocycles. The molecule has 1 aromatic carbocycles. The predicted molar refractivity (Wildman–Crippen MR) is 90.7 cm³/mol. The normalized spacial score (nSPS) is 15.2. The molecule has 0 atom stereocenters. The number of piperazine rings is 1. The summed E-state index contributed by atoms with van der Waals surface area (Å²) in [7, 11) is 0. The summed E-state index contributed by atoms with van der Waals surface area (Å²) >= 11 is 0. The molecule has 0 unspecified atom stereocenters. The van der Waals surface area contributed by atoms with Crippen LogP contribution in [0.3, 0.4) is 0 Å². The lowest BCUT2D eigenvalue weighted by Crippen LogP contribution is -2.46. The lowest BCUT2D eigenvalue weighted by atomic mass is 10.2. The molecule has 1 saturated heterocycles. The van der Waals surface area contributed by atoms with Crippen molar-refractivity contribution in [1.82, 2.24) is 14.9 Å². The lowest BCUT2D eigenvalue weighted by Gasteiger charge is -2.34. The Hall–Kier alpha value is -2.61. The van der Waals surface area contributed by atoms with Crippen molar-refractivity contribution in [3.63, 3.8) is 0 Å². The molecule has 3 rings (SSSR count). The van der Waals surface area contributed by atoms with E-state index in [1.54, 1.807) is 0 Å². The Kier molecular flexibility index (Phi) is 5.18. The van der Waals surface area contributed by atoms with Crippen LogP contribution in [-0.2, 0) is 0 Å². The minimum absolute atomic E-state index is 0.0943. The zero-order chi connectivity index (χ0) is 17.8. The molecular weight excluding hydrogens is 328 g/mol. The van der Waals surface area contributed by atoms with Crippen molar-refractivity contribution < 1.29 is 13.6 Å². The second-order valence-electron chi connectivity index (χ2n) is 5.74. The first-order valence-electron chi connectivity index (χ1n) is 8.13. The number of rotatable bonds is 4. The summed E-state index contributed by atoms with van der Waals surface area (Å²) in [6.45, 7) is 6.51. The molecule has 25 heavy (non-hydrogen) atoms. The van der Waals surface area contributed by atoms with Crippen molar-refractivity contribution in [3.05, 3.63) is 47.8 Å². The number of likely N-dealkylation sites (N-methyl/N-ethyl adjacent to an activating group) is 1. The van der Waals surface area contributed by atoms with E-state index in [1.165, 1.54) is 18.3 Å². The van der Waals surface area contributed by atoms with Crippen LogP contribution in [0.15, 0.2) is 30.5 Å². The summed E-state index contributed by atoms with van der Waals surface area (Å²) in [5.74, 6) is -1.63. The van der Waals surface area contributed by atoms with Crippen LogP contribution in [-0.4, -0.2) is 53.5 Å². The van der Waals surface area contributed by atoms with E-state index in [1.807, 2.05) is 4.90 Å². The number of nitrogens with zero attached hydrogens (tertiary/aromatic N) is 4. The molecule has 132 valence electrons. The van der Waals surface area contributed by atoms with Gasteiger partial charge in [0.15, 0.2) is 0 Å². The number of anilines is 2. The average Bonchev–Trinajstić information content (AvgIpc) is 2.64. The van der Waals surface area contributed by atoms with Crippen molar-refractivity contribution in [1.29, 1.82) is 0 Å². The van der Waals surface area contributed by atoms with Gasteiger partial charge in [-0.2, -0.15) is 0 Å². The van der Waals surface area contributed by atoms with Crippen molar-refractivity contribution in [3.8, 4) is 0 Å². The summed E-state index contributed by atoms with van der Waals surface area (Å²) in [5.41, 5.74) is 0.0368. The summed E-state index contributed by atoms with van der Waals surface area (Å²) < 4.78 is 26.6. The van der Waals surface area contributed by atoms with Crippen LogP contribution in [0.2, 0.25) is 0 Å². The molecule has 6 nitrogen and oxygen atoms in total. The Morgan fingerprint density at radius 2 is 1.96 bits per heavy atom. The third-order valence-corrected chi connectivity index (χ3v) is 4.16. The third-order valence-electron chi connectivity index (χ3n) is 4.16. The highest BCUT2D eigenvalue weighted by atomic mass is 19.1. The molecule has 0 radical (unpaired) electrons. The number of halogens is 2. The van der Waals surface area contributed by atoms with Crippen LogP contribution in [0.25, 0.3) is 0 Å². The van der Waals surface area contributed by atoms with Crippen LogP contribution < -0.4 is 10.2 Å². The smallest absolute Gasteiger partial charge is 0.274 e. The van der Waals surface area contributed by atoms with E-state index in [0.717, 1.165) is 38.8 Å². The van der Waals surface area contributed by atoms with Gasteiger partial charge in [-0.25, -0.2) is 18.7 Å². The zero-order valence-electron chi connectivity index (χ0n) is 13.9. The second kappa shape index (κ2) is 7.52. The first-order valence-corrected chi connectivity index (χ1v) is 8.13. The Labute approximate surface area is 144 Å². The second-order valence-corrected chi connectivity index (χ2v) is 5.74. The monoisotopic (exact) mass is 347 g/mol. The number of carbonyl (C=O) groups is 1. The molecule has 0 spiro atoms. The summed E-state index contributed by atoms with van der Waals surface area (Å²) in [6.07, 6.45) is 1.50. The zero-order valence-corrected chi connectivity index (χ0v) is 13.9. The van der Waals surface area contributed by atoms with Gasteiger partial charge in [-0.15, -0.1) is 0 Å². The highest BCUT2D eigenvalue weighted by molar-refractivity contribution is 6.03. The van der Waals surface area contributed by atoms with E-state index >= 15 is 0 Å². The Morgan fingerprint density at radius 1 is 1.20 bits per heavy atom. The number of benzene rings is 1. The standard InChI is InChI=1S/C17H19F2N5O/c1-2-23-7-9-24(10-8-23)17-20-6-5-15(22-17)16(25)21-14-4-3-12(18)11-13(14)19/h3-6,11H,2,7-10H2,1H3,(H,21,25). The fourth-order valence-electron chi connectivity index (χ4n) is 2.67. The average molecular weight is 347 g/mol. The van der Waals surface area contributed by atoms with E-state index in [4.69, 9.17) is 0 Å². The van der Waals surface area contributed by atoms with Crippen LogP contribution in [0.1, 0.15) is 17.4 Å². The molecule has 1 fully saturated rings. The number of hydrogen-bond donors (Lipinski definition) is 1. The number of amides is 1. The Morgan fingerprint density at radius 3 is 2.64 bits per heavy atom. The van der Waals surface area contributed by atoms with Crippen LogP contribution in [0.4, 0.5) is 20.4 Å². The van der Waals surface area contributed by atoms with Gasteiger partial charge in [0.25, 0.3) is 5.91 Å². The largest absolute Gasteiger partial charge is 0.338 e. The van der Waals surface area contributed by atoms with Gasteiger partial charge >= 0.3 is 0 Å². The van der Waals surface area contributed by atoms with Gasteiger partial charge in [-0.05, 0) is 24.7 Å². The molecule has 0 aliphatic carbocycles. The maximum atomic E-state index is 13.7. The number of hydrogen-bond acceptors (Lipinski definition) is 5. The van der Waals surface area contributed by atoms with E-state index in [-0.39, 0.29) is 11.4 Å². The lowest BCUT2D eigenvalue weighted by molar-refractivity contribution is 0.102. The van der Waals surface area contributed by atoms with E-state index in [0.29, 0.717) is 12.0 Å². The van der Waals surface area contributed by atoms with Gasteiger partial charge in [0.05, 0.1) is 5.69 Å². The molecule has 1 aliphatic heterocycles. The van der Waals surface area contributed by atoms with Crippen LogP contribution in [0, 0.1) is 11.6 Å². The van der Waals surface area contributed by atoms with Crippen molar-refractivity contribution in [2.75, 3.05) is 42.9 Å². The Bertz CT molecular complexity index is 762. The topological polar surface area (TPSA) is 61.4 Å². The van der Waals surface area contributed by atoms with Gasteiger partial charge in [-0.1, -0.05) is 6.92 Å². The third kappa shape index (κ3) is 4.08. The van der Waals surface area contributed by atoms with E-state index in [2.05, 4.69) is 27.1 Å². The van der Waals surface area contributed by atoms with Gasteiger partial charge in [0.1, 0.15) is 17.3 Å². The number of aromatic nitrogens is 2. The molecule has 2 aromatic rings. The highest BCUT2D eigenvalue weighted by Gasteiger charge is 2.19. The molecule has 1 aromatic heterocycles. The summed E-state index contributed by atoms with van der Waals surface area (Å²) in [6, 6.07) is 4.43. The van der Waals surface area contributed by atoms with Crippen molar-refractivity contribution in [2.45, 2.75) is 6.92 Å². The molecule has 1 amide bonds. The minimum atomic E-state index is -0.835. The van der Waals surface area contributed by atoms with Crippen LogP contribution >= 0.6 is 0 Å². The number of carbonyl (C=O) groups excluding carboxylic acids is 1. The van der Waals surface area contributed by atoms with Crippen molar-refractivity contribution >= 4 is 17.5 Å².